The smallest absolute Gasteiger partial charge is 0.337 e. The Morgan fingerprint density at radius 2 is 2.00 bits per heavy atom. The molecule has 21 heavy (non-hydrogen) atoms. The monoisotopic (exact) mass is 290 g/mol. The molecule has 1 aromatic carbocycles. The summed E-state index contributed by atoms with van der Waals surface area (Å²) in [6, 6.07) is 5.13. The van der Waals surface area contributed by atoms with Crippen molar-refractivity contribution in [2.75, 3.05) is 23.7 Å². The Morgan fingerprint density at radius 3 is 2.62 bits per heavy atom. The Balaban J connectivity index is 2.26. The highest BCUT2D eigenvalue weighted by Gasteiger charge is 2.28. The predicted octanol–water partition coefficient (Wildman–Crippen LogP) is 3.62. The van der Waals surface area contributed by atoms with E-state index in [0.29, 0.717) is 28.3 Å². The number of nitrogen functional groups attached to an aromatic ring is 1. The van der Waals surface area contributed by atoms with Crippen molar-refractivity contribution in [1.29, 1.82) is 0 Å². The zero-order chi connectivity index (χ0) is 15.6. The predicted molar refractivity (Wildman–Crippen MR) is 86.8 cm³/mol. The second kappa shape index (κ2) is 5.96. The van der Waals surface area contributed by atoms with Crippen LogP contribution in [0.25, 0.3) is 0 Å². The lowest BCUT2D eigenvalue weighted by molar-refractivity contribution is 0.0697. The molecule has 1 fully saturated rings. The van der Waals surface area contributed by atoms with Gasteiger partial charge in [-0.15, -0.1) is 0 Å². The first-order chi connectivity index (χ1) is 9.80. The van der Waals surface area contributed by atoms with Crippen LogP contribution in [0.2, 0.25) is 0 Å². The van der Waals surface area contributed by atoms with E-state index in [9.17, 15) is 9.90 Å². The zero-order valence-electron chi connectivity index (χ0n) is 13.2. The van der Waals surface area contributed by atoms with Crippen LogP contribution in [0.15, 0.2) is 18.2 Å². The third-order valence-corrected chi connectivity index (χ3v) is 4.57. The van der Waals surface area contributed by atoms with E-state index in [1.807, 2.05) is 0 Å². The number of hydrogen-bond donors (Lipinski definition) is 2. The topological polar surface area (TPSA) is 66.6 Å². The number of hydrogen-bond acceptors (Lipinski definition) is 3. The number of rotatable bonds is 2. The van der Waals surface area contributed by atoms with Crippen molar-refractivity contribution in [3.63, 3.8) is 0 Å². The molecule has 116 valence electrons. The molecular formula is C17H26N2O2. The maximum Gasteiger partial charge on any atom is 0.337 e. The fourth-order valence-corrected chi connectivity index (χ4v) is 3.27. The highest BCUT2D eigenvalue weighted by atomic mass is 16.4. The Labute approximate surface area is 126 Å². The fraction of sp³-hybridized carbons (Fsp3) is 0.588. The van der Waals surface area contributed by atoms with Gasteiger partial charge in [-0.2, -0.15) is 0 Å². The molecule has 0 aliphatic carbocycles. The molecule has 0 amide bonds. The number of nitrogens with zero attached hydrogens (tertiary/aromatic N) is 1. The van der Waals surface area contributed by atoms with E-state index in [-0.39, 0.29) is 0 Å². The number of carbonyl (C=O) groups is 1. The van der Waals surface area contributed by atoms with Gasteiger partial charge in [-0.25, -0.2) is 4.79 Å². The van der Waals surface area contributed by atoms with E-state index >= 15 is 0 Å². The molecular weight excluding hydrogens is 264 g/mol. The molecule has 0 radical (unpaired) electrons. The molecule has 0 saturated carbocycles. The Bertz CT molecular complexity index is 520. The summed E-state index contributed by atoms with van der Waals surface area (Å²) in [5.41, 5.74) is 7.92. The van der Waals surface area contributed by atoms with E-state index < -0.39 is 5.97 Å². The van der Waals surface area contributed by atoms with Crippen LogP contribution in [0.1, 0.15) is 50.4 Å². The van der Waals surface area contributed by atoms with Crippen LogP contribution < -0.4 is 10.6 Å². The van der Waals surface area contributed by atoms with Crippen molar-refractivity contribution in [1.82, 2.24) is 0 Å². The molecule has 0 spiro atoms. The first-order valence-electron chi connectivity index (χ1n) is 7.67. The minimum absolute atomic E-state index is 0.299. The third-order valence-electron chi connectivity index (χ3n) is 4.57. The molecule has 3 N–H and O–H groups in total. The van der Waals surface area contributed by atoms with Gasteiger partial charge in [0.2, 0.25) is 0 Å². The number of carboxylic acid groups (broad SMARTS) is 1. The molecule has 0 bridgehead atoms. The molecule has 1 saturated heterocycles. The summed E-state index contributed by atoms with van der Waals surface area (Å²) >= 11 is 0. The van der Waals surface area contributed by atoms with Gasteiger partial charge in [-0.1, -0.05) is 26.8 Å². The van der Waals surface area contributed by atoms with Crippen LogP contribution in [0.5, 0.6) is 0 Å². The van der Waals surface area contributed by atoms with Gasteiger partial charge in [0.1, 0.15) is 0 Å². The quantitative estimate of drug-likeness (QED) is 0.816. The summed E-state index contributed by atoms with van der Waals surface area (Å²) in [6.45, 7) is 8.60. The van der Waals surface area contributed by atoms with Gasteiger partial charge in [-0.3, -0.25) is 0 Å². The summed E-state index contributed by atoms with van der Waals surface area (Å²) < 4.78 is 0. The second-order valence-corrected chi connectivity index (χ2v) is 7.03. The van der Waals surface area contributed by atoms with E-state index in [2.05, 4.69) is 25.7 Å². The zero-order valence-corrected chi connectivity index (χ0v) is 13.2. The minimum Gasteiger partial charge on any atom is -0.478 e. The molecule has 1 aromatic rings. The van der Waals surface area contributed by atoms with Gasteiger partial charge < -0.3 is 15.7 Å². The van der Waals surface area contributed by atoms with Gasteiger partial charge in [0.15, 0.2) is 0 Å². The maximum absolute atomic E-state index is 11.4. The van der Waals surface area contributed by atoms with Crippen molar-refractivity contribution >= 4 is 17.3 Å². The summed E-state index contributed by atoms with van der Waals surface area (Å²) in [7, 11) is 0. The average Bonchev–Trinajstić information content (AvgIpc) is 2.63. The molecule has 0 aromatic heterocycles. The van der Waals surface area contributed by atoms with E-state index in [4.69, 9.17) is 5.73 Å². The van der Waals surface area contributed by atoms with Crippen molar-refractivity contribution in [3.8, 4) is 0 Å². The Morgan fingerprint density at radius 1 is 1.29 bits per heavy atom. The van der Waals surface area contributed by atoms with Crippen LogP contribution in [0, 0.1) is 11.3 Å². The molecule has 1 unspecified atom stereocenters. The van der Waals surface area contributed by atoms with Crippen molar-refractivity contribution < 1.29 is 9.90 Å². The average molecular weight is 290 g/mol. The Hall–Kier alpha value is -1.71. The van der Waals surface area contributed by atoms with Crippen molar-refractivity contribution in [2.45, 2.75) is 40.0 Å². The summed E-state index contributed by atoms with van der Waals surface area (Å²) in [4.78, 5) is 13.6. The molecule has 1 atom stereocenters. The lowest BCUT2D eigenvalue weighted by Crippen LogP contribution is -2.28. The van der Waals surface area contributed by atoms with Gasteiger partial charge in [0, 0.05) is 13.1 Å². The lowest BCUT2D eigenvalue weighted by Gasteiger charge is -2.30. The lowest BCUT2D eigenvalue weighted by atomic mass is 9.77. The van der Waals surface area contributed by atoms with Crippen LogP contribution in [0.4, 0.5) is 11.4 Å². The van der Waals surface area contributed by atoms with Gasteiger partial charge in [0.05, 0.1) is 16.9 Å². The summed E-state index contributed by atoms with van der Waals surface area (Å²) in [6.07, 6.45) is 3.35. The minimum atomic E-state index is -0.908. The van der Waals surface area contributed by atoms with Crippen LogP contribution >= 0.6 is 0 Å². The van der Waals surface area contributed by atoms with Gasteiger partial charge >= 0.3 is 5.97 Å². The molecule has 2 rings (SSSR count). The largest absolute Gasteiger partial charge is 0.478 e. The van der Waals surface area contributed by atoms with E-state index in [1.54, 1.807) is 18.2 Å². The molecule has 1 aliphatic rings. The molecule has 4 heteroatoms. The van der Waals surface area contributed by atoms with E-state index in [0.717, 1.165) is 25.9 Å². The number of benzene rings is 1. The Kier molecular flexibility index (Phi) is 4.45. The highest BCUT2D eigenvalue weighted by molar-refractivity contribution is 5.98. The van der Waals surface area contributed by atoms with Crippen LogP contribution in [-0.2, 0) is 0 Å². The van der Waals surface area contributed by atoms with Crippen molar-refractivity contribution in [3.05, 3.63) is 23.8 Å². The highest BCUT2D eigenvalue weighted by Crippen LogP contribution is 2.37. The number of nitrogens with two attached hydrogens (primary N) is 1. The second-order valence-electron chi connectivity index (χ2n) is 7.03. The first-order valence-corrected chi connectivity index (χ1v) is 7.67. The number of anilines is 2. The summed E-state index contributed by atoms with van der Waals surface area (Å²) in [5.74, 6) is -0.241. The first kappa shape index (κ1) is 15.7. The SMILES string of the molecule is CC(C)(C)C1CCCN(c2c(N)cccc2C(=O)O)CC1. The number of carboxylic acids is 1. The number of para-hydroxylation sites is 1. The molecule has 4 nitrogen and oxygen atoms in total. The van der Waals surface area contributed by atoms with E-state index in [1.165, 1.54) is 6.42 Å². The number of aromatic carboxylic acids is 1. The summed E-state index contributed by atoms with van der Waals surface area (Å²) in [5, 5.41) is 9.39. The van der Waals surface area contributed by atoms with Gasteiger partial charge in [0.25, 0.3) is 0 Å². The third kappa shape index (κ3) is 3.49. The van der Waals surface area contributed by atoms with Gasteiger partial charge in [-0.05, 0) is 42.7 Å². The maximum atomic E-state index is 11.4. The standard InChI is InChI=1S/C17H26N2O2/c1-17(2,3)12-6-5-10-19(11-9-12)15-13(16(20)21)7-4-8-14(15)18/h4,7-8,12H,5-6,9-11,18H2,1-3H3,(H,20,21). The van der Waals surface area contributed by atoms with Crippen molar-refractivity contribution in [2.24, 2.45) is 11.3 Å². The fourth-order valence-electron chi connectivity index (χ4n) is 3.27. The van der Waals surface area contributed by atoms with Crippen LogP contribution in [-0.4, -0.2) is 24.2 Å². The normalized spacial score (nSPS) is 20.1. The van der Waals surface area contributed by atoms with Crippen LogP contribution in [0.3, 0.4) is 0 Å². The molecule has 1 heterocycles. The molecule has 1 aliphatic heterocycles.